The van der Waals surface area contributed by atoms with Gasteiger partial charge in [-0.25, -0.2) is 4.79 Å². The fourth-order valence-electron chi connectivity index (χ4n) is 3.81. The number of carboxylic acid groups (broad SMARTS) is 1. The maximum atomic E-state index is 12.2. The SMILES string of the molecule is CN(C)CC(=O)N1CC[C@]2(C[C@@H](OCC3CCOCC3)CO2)C1.O=C(O)C(F)(F)F. The van der Waals surface area contributed by atoms with Gasteiger partial charge in [0.2, 0.25) is 5.91 Å². The van der Waals surface area contributed by atoms with Gasteiger partial charge in [0.25, 0.3) is 0 Å². The first-order valence-corrected chi connectivity index (χ1v) is 10.1. The van der Waals surface area contributed by atoms with E-state index < -0.39 is 12.1 Å². The summed E-state index contributed by atoms with van der Waals surface area (Å²) in [7, 11) is 3.85. The first kappa shape index (κ1) is 24.8. The van der Waals surface area contributed by atoms with Gasteiger partial charge in [-0.05, 0) is 39.3 Å². The van der Waals surface area contributed by atoms with Gasteiger partial charge in [-0.15, -0.1) is 0 Å². The molecule has 1 N–H and O–H groups in total. The molecule has 2 atom stereocenters. The van der Waals surface area contributed by atoms with Gasteiger partial charge in [-0.1, -0.05) is 0 Å². The summed E-state index contributed by atoms with van der Waals surface area (Å²) in [6.45, 7) is 5.20. The molecule has 1 amide bonds. The lowest BCUT2D eigenvalue weighted by molar-refractivity contribution is -0.192. The van der Waals surface area contributed by atoms with Crippen molar-refractivity contribution in [3.63, 3.8) is 0 Å². The van der Waals surface area contributed by atoms with E-state index in [-0.39, 0.29) is 17.6 Å². The zero-order valence-corrected chi connectivity index (χ0v) is 17.4. The quantitative estimate of drug-likeness (QED) is 0.691. The predicted octanol–water partition coefficient (Wildman–Crippen LogP) is 1.38. The molecule has 3 heterocycles. The van der Waals surface area contributed by atoms with Crippen LogP contribution in [0.4, 0.5) is 13.2 Å². The number of likely N-dealkylation sites (N-methyl/N-ethyl adjacent to an activating group) is 1. The van der Waals surface area contributed by atoms with Crippen LogP contribution in [0, 0.1) is 5.92 Å². The van der Waals surface area contributed by atoms with E-state index in [1.807, 2.05) is 23.9 Å². The lowest BCUT2D eigenvalue weighted by Gasteiger charge is -2.25. The van der Waals surface area contributed by atoms with Gasteiger partial charge in [-0.2, -0.15) is 13.2 Å². The number of carbonyl (C=O) groups excluding carboxylic acids is 1. The van der Waals surface area contributed by atoms with Crippen LogP contribution in [-0.2, 0) is 23.8 Å². The van der Waals surface area contributed by atoms with E-state index in [4.69, 9.17) is 24.1 Å². The molecule has 1 spiro atoms. The minimum Gasteiger partial charge on any atom is -0.475 e. The van der Waals surface area contributed by atoms with Crippen molar-refractivity contribution in [1.82, 2.24) is 9.80 Å². The summed E-state index contributed by atoms with van der Waals surface area (Å²) in [6, 6.07) is 0. The molecule has 8 nitrogen and oxygen atoms in total. The number of carboxylic acids is 1. The molecule has 30 heavy (non-hydrogen) atoms. The van der Waals surface area contributed by atoms with Gasteiger partial charge in [0.15, 0.2) is 0 Å². The molecule has 0 saturated carbocycles. The first-order chi connectivity index (χ1) is 14.0. The van der Waals surface area contributed by atoms with Crippen molar-refractivity contribution in [2.24, 2.45) is 5.92 Å². The molecule has 0 aliphatic carbocycles. The average molecular weight is 440 g/mol. The summed E-state index contributed by atoms with van der Waals surface area (Å²) in [5.41, 5.74) is -0.164. The Morgan fingerprint density at radius 2 is 1.90 bits per heavy atom. The standard InChI is InChI=1S/C17H30N2O4.C2HF3O2/c1-18(2)10-16(20)19-6-5-17(13-19)9-15(12-23-17)22-11-14-3-7-21-8-4-14;3-2(4,5)1(6)7/h14-15H,3-13H2,1-2H3;(H,6,7)/t15-,17+;/m1./s1. The van der Waals surface area contributed by atoms with Crippen LogP contribution in [0.15, 0.2) is 0 Å². The third-order valence-electron chi connectivity index (χ3n) is 5.45. The smallest absolute Gasteiger partial charge is 0.475 e. The fraction of sp³-hybridized carbons (Fsp3) is 0.895. The number of nitrogens with zero attached hydrogens (tertiary/aromatic N) is 2. The van der Waals surface area contributed by atoms with E-state index in [2.05, 4.69) is 0 Å². The van der Waals surface area contributed by atoms with Crippen molar-refractivity contribution in [2.45, 2.75) is 43.6 Å². The number of halogens is 3. The van der Waals surface area contributed by atoms with Crippen LogP contribution in [-0.4, -0.2) is 105 Å². The third kappa shape index (κ3) is 7.68. The zero-order chi connectivity index (χ0) is 22.4. The molecule has 3 fully saturated rings. The number of carbonyl (C=O) groups is 2. The molecule has 3 saturated heterocycles. The molecule has 0 radical (unpaired) electrons. The number of hydrogen-bond donors (Lipinski definition) is 1. The van der Waals surface area contributed by atoms with Crippen LogP contribution in [0.5, 0.6) is 0 Å². The normalized spacial score (nSPS) is 27.4. The lowest BCUT2D eigenvalue weighted by Crippen LogP contribution is -2.40. The second kappa shape index (κ2) is 10.7. The van der Waals surface area contributed by atoms with Gasteiger partial charge >= 0.3 is 12.1 Å². The Hall–Kier alpha value is -1.43. The minimum absolute atomic E-state index is 0.164. The zero-order valence-electron chi connectivity index (χ0n) is 17.4. The number of rotatable bonds is 5. The van der Waals surface area contributed by atoms with E-state index in [0.717, 1.165) is 58.6 Å². The molecule has 11 heteroatoms. The highest BCUT2D eigenvalue weighted by Crippen LogP contribution is 2.36. The number of aliphatic carboxylic acids is 1. The summed E-state index contributed by atoms with van der Waals surface area (Å²) in [5.74, 6) is -1.93. The lowest BCUT2D eigenvalue weighted by atomic mass is 9.98. The molecule has 0 aromatic carbocycles. The highest BCUT2D eigenvalue weighted by molar-refractivity contribution is 5.78. The molecule has 3 rings (SSSR count). The summed E-state index contributed by atoms with van der Waals surface area (Å²) in [5, 5.41) is 7.12. The minimum atomic E-state index is -5.08. The summed E-state index contributed by atoms with van der Waals surface area (Å²) in [4.78, 5) is 25.0. The molecule has 0 bridgehead atoms. The molecule has 0 unspecified atom stereocenters. The highest BCUT2D eigenvalue weighted by Gasteiger charge is 2.47. The maximum absolute atomic E-state index is 12.2. The Balaban J connectivity index is 0.000000396. The number of ether oxygens (including phenoxy) is 3. The summed E-state index contributed by atoms with van der Waals surface area (Å²) < 4.78 is 49.3. The van der Waals surface area contributed by atoms with Crippen LogP contribution >= 0.6 is 0 Å². The Morgan fingerprint density at radius 3 is 2.47 bits per heavy atom. The monoisotopic (exact) mass is 440 g/mol. The van der Waals surface area contributed by atoms with Crippen LogP contribution in [0.3, 0.4) is 0 Å². The average Bonchev–Trinajstić information content (AvgIpc) is 3.27. The van der Waals surface area contributed by atoms with Crippen molar-refractivity contribution in [3.8, 4) is 0 Å². The number of alkyl halides is 3. The second-order valence-electron chi connectivity index (χ2n) is 8.32. The van der Waals surface area contributed by atoms with Gasteiger partial charge in [0.1, 0.15) is 0 Å². The number of likely N-dealkylation sites (tertiary alicyclic amines) is 1. The Labute approximate surface area is 174 Å². The van der Waals surface area contributed by atoms with Gasteiger partial charge in [0, 0.05) is 32.7 Å². The van der Waals surface area contributed by atoms with Crippen LogP contribution in [0.1, 0.15) is 25.7 Å². The summed E-state index contributed by atoms with van der Waals surface area (Å²) >= 11 is 0. The topological polar surface area (TPSA) is 88.5 Å². The van der Waals surface area contributed by atoms with Gasteiger partial charge in [-0.3, -0.25) is 4.79 Å². The second-order valence-corrected chi connectivity index (χ2v) is 8.32. The first-order valence-electron chi connectivity index (χ1n) is 10.1. The van der Waals surface area contributed by atoms with E-state index in [1.165, 1.54) is 0 Å². The van der Waals surface area contributed by atoms with Crippen molar-refractivity contribution in [1.29, 1.82) is 0 Å². The molecule has 174 valence electrons. The van der Waals surface area contributed by atoms with Crippen LogP contribution in [0.25, 0.3) is 0 Å². The van der Waals surface area contributed by atoms with E-state index in [1.54, 1.807) is 0 Å². The van der Waals surface area contributed by atoms with E-state index >= 15 is 0 Å². The van der Waals surface area contributed by atoms with Gasteiger partial charge in [0.05, 0.1) is 31.5 Å². The molecule has 0 aromatic heterocycles. The highest BCUT2D eigenvalue weighted by atomic mass is 19.4. The van der Waals surface area contributed by atoms with Crippen LogP contribution < -0.4 is 0 Å². The molecular weight excluding hydrogens is 409 g/mol. The van der Waals surface area contributed by atoms with Gasteiger partial charge < -0.3 is 29.1 Å². The molecule has 3 aliphatic rings. The van der Waals surface area contributed by atoms with E-state index in [0.29, 0.717) is 19.1 Å². The molecule has 0 aromatic rings. The van der Waals surface area contributed by atoms with Crippen LogP contribution in [0.2, 0.25) is 0 Å². The van der Waals surface area contributed by atoms with Crippen molar-refractivity contribution in [3.05, 3.63) is 0 Å². The fourth-order valence-corrected chi connectivity index (χ4v) is 3.81. The Morgan fingerprint density at radius 1 is 1.27 bits per heavy atom. The van der Waals surface area contributed by atoms with Crippen molar-refractivity contribution >= 4 is 11.9 Å². The van der Waals surface area contributed by atoms with E-state index in [9.17, 15) is 18.0 Å². The number of amides is 1. The number of hydrogen-bond acceptors (Lipinski definition) is 6. The summed E-state index contributed by atoms with van der Waals surface area (Å²) in [6.07, 6.45) is -0.843. The molecule has 3 aliphatic heterocycles. The Bertz CT molecular complexity index is 583. The molecular formula is C19H31F3N2O6. The maximum Gasteiger partial charge on any atom is 0.490 e. The van der Waals surface area contributed by atoms with Crippen molar-refractivity contribution in [2.75, 3.05) is 60.2 Å². The predicted molar refractivity (Wildman–Crippen MR) is 100 cm³/mol. The third-order valence-corrected chi connectivity index (χ3v) is 5.45. The Kier molecular flexibility index (Phi) is 8.89. The van der Waals surface area contributed by atoms with Crippen molar-refractivity contribution < 1.29 is 42.1 Å². The largest absolute Gasteiger partial charge is 0.490 e.